The van der Waals surface area contributed by atoms with Gasteiger partial charge >= 0.3 is 11.9 Å². The zero-order chi connectivity index (χ0) is 21.6. The van der Waals surface area contributed by atoms with Gasteiger partial charge in [-0.05, 0) is 45.4 Å². The van der Waals surface area contributed by atoms with Gasteiger partial charge in [0.2, 0.25) is 5.78 Å². The summed E-state index contributed by atoms with van der Waals surface area (Å²) in [6.45, 7) is 6.33. The Morgan fingerprint density at radius 2 is 1.76 bits per heavy atom. The molecule has 0 aliphatic rings. The molecular formula is C21H25NO7. The van der Waals surface area contributed by atoms with Crippen LogP contribution in [-0.4, -0.2) is 49.1 Å². The van der Waals surface area contributed by atoms with E-state index in [9.17, 15) is 14.4 Å². The standard InChI is InChI=1S/C21H25NO7/c1-6-27-21(25)18-12(2)19(22-13(18)3)20(24)14(4)29-17(23)11-28-16-10-8-7-9-15(16)26-5/h7-10,14,22H,6,11H2,1-5H3/t14-/m0/s1. The van der Waals surface area contributed by atoms with Crippen LogP contribution in [0.1, 0.15) is 46.0 Å². The SMILES string of the molecule is CCOC(=O)c1c(C)[nH]c(C(=O)[C@H](C)OC(=O)COc2ccccc2OC)c1C. The van der Waals surface area contributed by atoms with E-state index in [-0.39, 0.29) is 18.9 Å². The lowest BCUT2D eigenvalue weighted by Gasteiger charge is -2.14. The topological polar surface area (TPSA) is 104 Å². The average Bonchev–Trinajstić information content (AvgIpc) is 3.00. The minimum atomic E-state index is -1.06. The smallest absolute Gasteiger partial charge is 0.344 e. The van der Waals surface area contributed by atoms with Gasteiger partial charge in [-0.1, -0.05) is 12.1 Å². The first-order chi connectivity index (χ1) is 13.8. The molecule has 8 heteroatoms. The van der Waals surface area contributed by atoms with E-state index in [4.69, 9.17) is 18.9 Å². The van der Waals surface area contributed by atoms with Crippen molar-refractivity contribution in [3.8, 4) is 11.5 Å². The lowest BCUT2D eigenvalue weighted by molar-refractivity contribution is -0.148. The highest BCUT2D eigenvalue weighted by Gasteiger charge is 2.27. The van der Waals surface area contributed by atoms with Crippen LogP contribution in [0.4, 0.5) is 0 Å². The molecular weight excluding hydrogens is 378 g/mol. The van der Waals surface area contributed by atoms with Crippen molar-refractivity contribution in [1.82, 2.24) is 4.98 Å². The van der Waals surface area contributed by atoms with Crippen LogP contribution in [0.15, 0.2) is 24.3 Å². The second kappa shape index (κ2) is 9.77. The van der Waals surface area contributed by atoms with Gasteiger partial charge in [-0.25, -0.2) is 9.59 Å². The van der Waals surface area contributed by atoms with Gasteiger partial charge < -0.3 is 23.9 Å². The van der Waals surface area contributed by atoms with Crippen LogP contribution in [0.3, 0.4) is 0 Å². The van der Waals surface area contributed by atoms with Gasteiger partial charge in [0.05, 0.1) is 25.0 Å². The number of hydrogen-bond acceptors (Lipinski definition) is 7. The molecule has 1 aromatic carbocycles. The summed E-state index contributed by atoms with van der Waals surface area (Å²) in [5.74, 6) is -0.794. The van der Waals surface area contributed by atoms with Crippen molar-refractivity contribution in [3.63, 3.8) is 0 Å². The zero-order valence-electron chi connectivity index (χ0n) is 17.2. The fourth-order valence-corrected chi connectivity index (χ4v) is 2.87. The van der Waals surface area contributed by atoms with E-state index in [0.717, 1.165) is 0 Å². The number of methoxy groups -OCH3 is 1. The summed E-state index contributed by atoms with van der Waals surface area (Å²) in [6, 6.07) is 6.87. The van der Waals surface area contributed by atoms with Gasteiger partial charge in [-0.15, -0.1) is 0 Å². The Hall–Kier alpha value is -3.29. The number of aromatic amines is 1. The normalized spacial score (nSPS) is 11.5. The first-order valence-corrected chi connectivity index (χ1v) is 9.15. The third-order valence-corrected chi connectivity index (χ3v) is 4.26. The number of esters is 2. The molecule has 156 valence electrons. The molecule has 1 aromatic heterocycles. The highest BCUT2D eigenvalue weighted by atomic mass is 16.6. The Balaban J connectivity index is 2.02. The highest BCUT2D eigenvalue weighted by molar-refractivity contribution is 6.04. The molecule has 1 heterocycles. The maximum Gasteiger partial charge on any atom is 0.344 e. The van der Waals surface area contributed by atoms with Crippen molar-refractivity contribution in [1.29, 1.82) is 0 Å². The van der Waals surface area contributed by atoms with Crippen molar-refractivity contribution >= 4 is 17.7 Å². The second-order valence-electron chi connectivity index (χ2n) is 6.28. The number of ketones is 1. The van der Waals surface area contributed by atoms with Crippen molar-refractivity contribution in [3.05, 3.63) is 46.8 Å². The Morgan fingerprint density at radius 3 is 2.38 bits per heavy atom. The van der Waals surface area contributed by atoms with E-state index in [1.165, 1.54) is 14.0 Å². The molecule has 2 rings (SSSR count). The Bertz CT molecular complexity index is 900. The molecule has 0 aliphatic carbocycles. The van der Waals surface area contributed by atoms with E-state index < -0.39 is 23.8 Å². The van der Waals surface area contributed by atoms with Crippen LogP contribution in [-0.2, 0) is 14.3 Å². The summed E-state index contributed by atoms with van der Waals surface area (Å²) in [5, 5.41) is 0. The van der Waals surface area contributed by atoms with Gasteiger partial charge in [0.25, 0.3) is 0 Å². The van der Waals surface area contributed by atoms with Crippen LogP contribution in [0.25, 0.3) is 0 Å². The molecule has 29 heavy (non-hydrogen) atoms. The molecule has 0 bridgehead atoms. The number of nitrogens with one attached hydrogen (secondary N) is 1. The summed E-state index contributed by atoms with van der Waals surface area (Å²) >= 11 is 0. The molecule has 1 N–H and O–H groups in total. The first-order valence-electron chi connectivity index (χ1n) is 9.15. The van der Waals surface area contributed by atoms with Gasteiger partial charge in [-0.2, -0.15) is 0 Å². The number of carbonyl (C=O) groups is 3. The monoisotopic (exact) mass is 403 g/mol. The van der Waals surface area contributed by atoms with Crippen molar-refractivity contribution in [2.45, 2.75) is 33.8 Å². The molecule has 0 saturated carbocycles. The van der Waals surface area contributed by atoms with Crippen LogP contribution >= 0.6 is 0 Å². The fraction of sp³-hybridized carbons (Fsp3) is 0.381. The number of benzene rings is 1. The Kier molecular flexibility index (Phi) is 7.41. The summed E-state index contributed by atoms with van der Waals surface area (Å²) in [5.41, 5.74) is 1.49. The predicted octanol–water partition coefficient (Wildman–Crippen LogP) is 3.01. The van der Waals surface area contributed by atoms with E-state index in [1.807, 2.05) is 0 Å². The maximum atomic E-state index is 12.7. The van der Waals surface area contributed by atoms with Crippen molar-refractivity contribution in [2.24, 2.45) is 0 Å². The number of hydrogen-bond donors (Lipinski definition) is 1. The second-order valence-corrected chi connectivity index (χ2v) is 6.28. The predicted molar refractivity (Wildman–Crippen MR) is 105 cm³/mol. The third kappa shape index (κ3) is 5.16. The van der Waals surface area contributed by atoms with Crippen LogP contribution in [0.2, 0.25) is 0 Å². The number of ether oxygens (including phenoxy) is 4. The van der Waals surface area contributed by atoms with Gasteiger partial charge in [0.15, 0.2) is 24.2 Å². The highest BCUT2D eigenvalue weighted by Crippen LogP contribution is 2.26. The molecule has 0 radical (unpaired) electrons. The fourth-order valence-electron chi connectivity index (χ4n) is 2.87. The number of aromatic nitrogens is 1. The maximum absolute atomic E-state index is 12.7. The molecule has 0 amide bonds. The zero-order valence-corrected chi connectivity index (χ0v) is 17.2. The molecule has 2 aromatic rings. The van der Waals surface area contributed by atoms with Gasteiger partial charge in [0, 0.05) is 5.69 Å². The first kappa shape index (κ1) is 22.0. The van der Waals surface area contributed by atoms with E-state index in [1.54, 1.807) is 45.0 Å². The van der Waals surface area contributed by atoms with Crippen molar-refractivity contribution < 1.29 is 33.3 Å². The molecule has 0 spiro atoms. The van der Waals surface area contributed by atoms with E-state index >= 15 is 0 Å². The minimum Gasteiger partial charge on any atom is -0.493 e. The molecule has 0 aliphatic heterocycles. The molecule has 1 atom stereocenters. The minimum absolute atomic E-state index is 0.205. The largest absolute Gasteiger partial charge is 0.493 e. The van der Waals surface area contributed by atoms with E-state index in [2.05, 4.69) is 4.98 Å². The molecule has 8 nitrogen and oxygen atoms in total. The molecule has 0 unspecified atom stereocenters. The molecule has 0 saturated heterocycles. The lowest BCUT2D eigenvalue weighted by Crippen LogP contribution is -2.28. The quantitative estimate of drug-likeness (QED) is 0.507. The van der Waals surface area contributed by atoms with Gasteiger partial charge in [0.1, 0.15) is 0 Å². The summed E-state index contributed by atoms with van der Waals surface area (Å²) < 4.78 is 20.7. The van der Waals surface area contributed by atoms with Crippen LogP contribution in [0.5, 0.6) is 11.5 Å². The van der Waals surface area contributed by atoms with Crippen molar-refractivity contribution in [2.75, 3.05) is 20.3 Å². The van der Waals surface area contributed by atoms with Crippen LogP contribution < -0.4 is 9.47 Å². The molecule has 0 fully saturated rings. The van der Waals surface area contributed by atoms with Gasteiger partial charge in [-0.3, -0.25) is 4.79 Å². The summed E-state index contributed by atoms with van der Waals surface area (Å²) in [4.78, 5) is 39.8. The average molecular weight is 403 g/mol. The number of Topliss-reactive ketones (excluding diaryl/α,β-unsaturated/α-hetero) is 1. The third-order valence-electron chi connectivity index (χ3n) is 4.26. The summed E-state index contributed by atoms with van der Waals surface area (Å²) in [6.07, 6.45) is -1.06. The van der Waals surface area contributed by atoms with E-state index in [0.29, 0.717) is 28.3 Å². The summed E-state index contributed by atoms with van der Waals surface area (Å²) in [7, 11) is 1.49. The number of aryl methyl sites for hydroxylation is 1. The number of rotatable bonds is 9. The van der Waals surface area contributed by atoms with Crippen LogP contribution in [0, 0.1) is 13.8 Å². The Morgan fingerprint density at radius 1 is 1.10 bits per heavy atom. The number of para-hydroxylation sites is 2. The lowest BCUT2D eigenvalue weighted by atomic mass is 10.1. The number of H-pyrrole nitrogens is 1. The number of carbonyl (C=O) groups excluding carboxylic acids is 3. The Labute approximate surface area is 169 Å².